The molecule has 0 bridgehead atoms. The van der Waals surface area contributed by atoms with Crippen LogP contribution in [-0.2, 0) is 6.18 Å². The van der Waals surface area contributed by atoms with Gasteiger partial charge in [0, 0.05) is 53.1 Å². The van der Waals surface area contributed by atoms with Crippen LogP contribution >= 0.6 is 35.1 Å². The fourth-order valence-electron chi connectivity index (χ4n) is 5.02. The van der Waals surface area contributed by atoms with Crippen LogP contribution in [0.25, 0.3) is 20.7 Å². The van der Waals surface area contributed by atoms with Crippen molar-refractivity contribution in [1.82, 2.24) is 19.9 Å². The zero-order valence-electron chi connectivity index (χ0n) is 28.6. The van der Waals surface area contributed by atoms with E-state index in [1.807, 2.05) is 13.0 Å². The number of aromatic nitrogens is 4. The molecular weight excluding hydrogens is 761 g/mol. The Balaban J connectivity index is 0.000000228. The van der Waals surface area contributed by atoms with Gasteiger partial charge in [0.1, 0.15) is 20.7 Å². The van der Waals surface area contributed by atoms with Gasteiger partial charge in [0.05, 0.1) is 15.3 Å². The highest BCUT2D eigenvalue weighted by Crippen LogP contribution is 2.33. The first kappa shape index (κ1) is 39.2. The largest absolute Gasteiger partial charge is 0.416 e. The molecule has 54 heavy (non-hydrogen) atoms. The van der Waals surface area contributed by atoms with Gasteiger partial charge in [-0.3, -0.25) is 24.4 Å². The maximum Gasteiger partial charge on any atom is 0.416 e. The summed E-state index contributed by atoms with van der Waals surface area (Å²) in [6, 6.07) is 17.1. The molecule has 5 N–H and O–H groups in total. The van der Waals surface area contributed by atoms with Crippen molar-refractivity contribution in [2.75, 3.05) is 21.7 Å². The van der Waals surface area contributed by atoms with Crippen LogP contribution < -0.4 is 21.7 Å². The monoisotopic (exact) mass is 790 g/mol. The molecule has 4 heterocycles. The Morgan fingerprint density at radius 2 is 1.11 bits per heavy atom. The molecule has 0 radical (unpaired) electrons. The normalized spacial score (nSPS) is 10.9. The van der Waals surface area contributed by atoms with E-state index in [2.05, 4.69) is 35.9 Å². The van der Waals surface area contributed by atoms with Gasteiger partial charge in [-0.1, -0.05) is 18.2 Å². The number of nitrogens with one attached hydrogen (secondary N) is 3. The van der Waals surface area contributed by atoms with Crippen molar-refractivity contribution in [3.05, 3.63) is 129 Å². The number of carbonyl (C=O) groups excluding carboxylic acids is 3. The third-order valence-electron chi connectivity index (χ3n) is 7.84. The first-order chi connectivity index (χ1) is 25.2. The maximum atomic E-state index is 13.2. The molecule has 0 saturated heterocycles. The topological polar surface area (TPSA) is 165 Å². The Kier molecular flexibility index (Phi) is 11.9. The highest BCUT2D eigenvalue weighted by atomic mass is 35.5. The highest BCUT2D eigenvalue weighted by molar-refractivity contribution is 7.20. The van der Waals surface area contributed by atoms with Gasteiger partial charge in [0.2, 0.25) is 0 Å². The summed E-state index contributed by atoms with van der Waals surface area (Å²) in [6.45, 7) is 5.04. The van der Waals surface area contributed by atoms with Gasteiger partial charge in [-0.15, -0.1) is 35.1 Å². The molecular formula is C37H30ClF3N8O3S2. The summed E-state index contributed by atoms with van der Waals surface area (Å²) in [7, 11) is 0. The summed E-state index contributed by atoms with van der Waals surface area (Å²) >= 11 is 2.52. The minimum Gasteiger partial charge on any atom is -0.399 e. The fraction of sp³-hybridized carbons (Fsp3) is 0.108. The van der Waals surface area contributed by atoms with Crippen LogP contribution in [0.4, 0.5) is 35.9 Å². The Morgan fingerprint density at radius 1 is 0.611 bits per heavy atom. The summed E-state index contributed by atoms with van der Waals surface area (Å²) in [5.41, 5.74) is 9.95. The maximum absolute atomic E-state index is 13.2. The number of anilines is 4. The molecule has 17 heteroatoms. The van der Waals surface area contributed by atoms with Crippen LogP contribution in [-0.4, -0.2) is 37.7 Å². The number of hydrogen-bond acceptors (Lipinski definition) is 10. The molecule has 7 aromatic rings. The minimum atomic E-state index is -4.56. The third-order valence-corrected chi connectivity index (χ3v) is 9.90. The number of halogens is 4. The number of rotatable bonds is 6. The average molecular weight is 791 g/mol. The first-order valence-corrected chi connectivity index (χ1v) is 17.4. The van der Waals surface area contributed by atoms with Crippen LogP contribution in [0.3, 0.4) is 0 Å². The summed E-state index contributed by atoms with van der Waals surface area (Å²) < 4.78 is 39.5. The van der Waals surface area contributed by atoms with E-state index in [-0.39, 0.29) is 35.3 Å². The summed E-state index contributed by atoms with van der Waals surface area (Å²) in [5, 5.41) is 8.24. The van der Waals surface area contributed by atoms with E-state index in [4.69, 9.17) is 5.73 Å². The van der Waals surface area contributed by atoms with Crippen LogP contribution in [0, 0.1) is 20.8 Å². The lowest BCUT2D eigenvalue weighted by Gasteiger charge is -2.13. The molecule has 0 aliphatic carbocycles. The smallest absolute Gasteiger partial charge is 0.399 e. The zero-order chi connectivity index (χ0) is 37.9. The second-order valence-electron chi connectivity index (χ2n) is 11.7. The van der Waals surface area contributed by atoms with Crippen LogP contribution in [0.15, 0.2) is 91.5 Å². The lowest BCUT2D eigenvalue weighted by molar-refractivity contribution is -0.138. The first-order valence-electron chi connectivity index (χ1n) is 15.7. The van der Waals surface area contributed by atoms with Gasteiger partial charge in [-0.05, 0) is 86.0 Å². The number of aryl methyl sites for hydroxylation is 3. The second-order valence-corrected chi connectivity index (χ2v) is 13.8. The van der Waals surface area contributed by atoms with E-state index in [0.29, 0.717) is 42.9 Å². The molecule has 4 aromatic heterocycles. The Bertz CT molecular complexity index is 2460. The number of benzene rings is 3. The molecule has 11 nitrogen and oxygen atoms in total. The van der Waals surface area contributed by atoms with E-state index in [1.165, 1.54) is 41.7 Å². The molecule has 7 rings (SSSR count). The van der Waals surface area contributed by atoms with Crippen molar-refractivity contribution in [2.24, 2.45) is 0 Å². The molecule has 0 aliphatic rings. The van der Waals surface area contributed by atoms with E-state index >= 15 is 0 Å². The van der Waals surface area contributed by atoms with E-state index in [9.17, 15) is 27.6 Å². The molecule has 0 saturated carbocycles. The fourth-order valence-corrected chi connectivity index (χ4v) is 6.72. The van der Waals surface area contributed by atoms with Gasteiger partial charge >= 0.3 is 6.18 Å². The molecule has 0 fully saturated rings. The zero-order valence-corrected chi connectivity index (χ0v) is 31.1. The predicted molar refractivity (Wildman–Crippen MR) is 209 cm³/mol. The number of alkyl halides is 3. The standard InChI is InChI=1S/C23H17F3N4O2S.C14H12N4OS.ClH/c1-12-3-5-14(9-16(12)23(24,25)26)20(31)29-15-6-4-13(2)17(10-15)30-21(32)19-11-18-22(33-19)28-8-7-27-18;1-8-2-3-9(15)6-10(8)18-13(19)12-7-11-14(20-12)17-5-4-16-11;/h3-11H,1-2H3,(H,29,31)(H,30,32);2-7H,15H2,1H3,(H,18,19);1H. The number of amides is 3. The second kappa shape index (κ2) is 16.4. The highest BCUT2D eigenvalue weighted by Gasteiger charge is 2.33. The molecule has 0 spiro atoms. The van der Waals surface area contributed by atoms with Crippen molar-refractivity contribution < 1.29 is 27.6 Å². The quantitative estimate of drug-likeness (QED) is 0.121. The van der Waals surface area contributed by atoms with Gasteiger partial charge < -0.3 is 21.7 Å². The van der Waals surface area contributed by atoms with Gasteiger partial charge in [0.15, 0.2) is 0 Å². The van der Waals surface area contributed by atoms with Crippen LogP contribution in [0.5, 0.6) is 0 Å². The molecule has 276 valence electrons. The summed E-state index contributed by atoms with van der Waals surface area (Å²) in [6.07, 6.45) is 1.75. The number of nitrogen functional groups attached to an aromatic ring is 1. The summed E-state index contributed by atoms with van der Waals surface area (Å²) in [5.74, 6) is -1.23. The number of thiophene rings is 2. The predicted octanol–water partition coefficient (Wildman–Crippen LogP) is 9.09. The number of hydrogen-bond donors (Lipinski definition) is 4. The van der Waals surface area contributed by atoms with Crippen molar-refractivity contribution >= 4 is 96.2 Å². The van der Waals surface area contributed by atoms with E-state index in [1.54, 1.807) is 74.2 Å². The molecule has 0 unspecified atom stereocenters. The van der Waals surface area contributed by atoms with Crippen molar-refractivity contribution in [3.8, 4) is 0 Å². The number of fused-ring (bicyclic) bond motifs is 2. The van der Waals surface area contributed by atoms with Crippen molar-refractivity contribution in [2.45, 2.75) is 26.9 Å². The lowest BCUT2D eigenvalue weighted by atomic mass is 10.0. The number of nitrogens with two attached hydrogens (primary N) is 1. The SMILES string of the molecule is Cc1ccc(N)cc1NC(=O)c1cc2nccnc2s1.Cc1ccc(NC(=O)c2ccc(C)c(C(F)(F)F)c2)cc1NC(=O)c1cc2nccnc2s1.Cl. The Labute approximate surface area is 320 Å². The minimum absolute atomic E-state index is 0. The summed E-state index contributed by atoms with van der Waals surface area (Å²) in [4.78, 5) is 56.6. The van der Waals surface area contributed by atoms with Crippen molar-refractivity contribution in [1.29, 1.82) is 0 Å². The molecule has 3 amide bonds. The van der Waals surface area contributed by atoms with Crippen LogP contribution in [0.2, 0.25) is 0 Å². The third kappa shape index (κ3) is 9.14. The van der Waals surface area contributed by atoms with Crippen LogP contribution in [0.1, 0.15) is 52.0 Å². The molecule has 0 aliphatic heterocycles. The molecule has 0 atom stereocenters. The van der Waals surface area contributed by atoms with Crippen molar-refractivity contribution in [3.63, 3.8) is 0 Å². The average Bonchev–Trinajstić information content (AvgIpc) is 3.76. The Morgan fingerprint density at radius 3 is 1.65 bits per heavy atom. The van der Waals surface area contributed by atoms with E-state index in [0.717, 1.165) is 27.5 Å². The number of carbonyl (C=O) groups is 3. The number of nitrogens with zero attached hydrogens (tertiary/aromatic N) is 4. The van der Waals surface area contributed by atoms with Gasteiger partial charge in [-0.25, -0.2) is 9.97 Å². The van der Waals surface area contributed by atoms with Gasteiger partial charge in [0.25, 0.3) is 17.7 Å². The lowest BCUT2D eigenvalue weighted by Crippen LogP contribution is -2.16. The van der Waals surface area contributed by atoms with E-state index < -0.39 is 17.6 Å². The molecule has 3 aromatic carbocycles. The Hall–Kier alpha value is -5.97. The van der Waals surface area contributed by atoms with Gasteiger partial charge in [-0.2, -0.15) is 13.2 Å².